The minimum atomic E-state index is -0.695. The van der Waals surface area contributed by atoms with Crippen molar-refractivity contribution in [3.63, 3.8) is 0 Å². The summed E-state index contributed by atoms with van der Waals surface area (Å²) in [6, 6.07) is 16.0. The molecular formula is C31H30BrNO5. The van der Waals surface area contributed by atoms with Crippen LogP contribution in [-0.4, -0.2) is 19.6 Å². The van der Waals surface area contributed by atoms with Crippen molar-refractivity contribution in [3.8, 4) is 11.5 Å². The molecule has 6 nitrogen and oxygen atoms in total. The SMILES string of the molecule is COc1cc(C2c3c(oc4cc(C)c(C)cc4c3=O)C(=O)N2c2ccc(Br)cc2)ccc1OCCC(C)C. The van der Waals surface area contributed by atoms with Crippen LogP contribution in [0.25, 0.3) is 11.0 Å². The number of aryl methyl sites for hydroxylation is 2. The van der Waals surface area contributed by atoms with Gasteiger partial charge in [-0.15, -0.1) is 0 Å². The summed E-state index contributed by atoms with van der Waals surface area (Å²) in [6.07, 6.45) is 0.916. The number of carbonyl (C=O) groups is 1. The summed E-state index contributed by atoms with van der Waals surface area (Å²) in [5.41, 5.74) is 3.88. The lowest BCUT2D eigenvalue weighted by molar-refractivity contribution is 0.0971. The highest BCUT2D eigenvalue weighted by atomic mass is 79.9. The smallest absolute Gasteiger partial charge is 0.295 e. The number of methoxy groups -OCH3 is 1. The molecule has 0 saturated heterocycles. The van der Waals surface area contributed by atoms with E-state index in [4.69, 9.17) is 13.9 Å². The molecule has 0 N–H and O–H groups in total. The molecule has 196 valence electrons. The van der Waals surface area contributed by atoms with Crippen molar-refractivity contribution in [2.45, 2.75) is 40.2 Å². The molecule has 0 bridgehead atoms. The Morgan fingerprint density at radius 3 is 2.37 bits per heavy atom. The topological polar surface area (TPSA) is 69.0 Å². The number of carbonyl (C=O) groups excluding carboxylic acids is 1. The molecule has 0 fully saturated rings. The molecule has 5 rings (SSSR count). The lowest BCUT2D eigenvalue weighted by Gasteiger charge is -2.26. The van der Waals surface area contributed by atoms with Gasteiger partial charge in [0.2, 0.25) is 5.76 Å². The molecule has 1 aliphatic heterocycles. The number of ether oxygens (including phenoxy) is 2. The van der Waals surface area contributed by atoms with Crippen LogP contribution in [0.1, 0.15) is 59.1 Å². The van der Waals surface area contributed by atoms with Crippen molar-refractivity contribution in [1.82, 2.24) is 0 Å². The average molecular weight is 576 g/mol. The Morgan fingerprint density at radius 1 is 0.974 bits per heavy atom. The summed E-state index contributed by atoms with van der Waals surface area (Å²) >= 11 is 3.47. The monoisotopic (exact) mass is 575 g/mol. The zero-order valence-electron chi connectivity index (χ0n) is 22.1. The van der Waals surface area contributed by atoms with Crippen molar-refractivity contribution in [3.05, 3.63) is 97.3 Å². The first-order valence-corrected chi connectivity index (χ1v) is 13.5. The van der Waals surface area contributed by atoms with Crippen LogP contribution in [0, 0.1) is 19.8 Å². The summed E-state index contributed by atoms with van der Waals surface area (Å²) in [5.74, 6) is 1.38. The summed E-state index contributed by atoms with van der Waals surface area (Å²) in [5, 5.41) is 0.461. The van der Waals surface area contributed by atoms with Crippen LogP contribution >= 0.6 is 15.9 Å². The van der Waals surface area contributed by atoms with Gasteiger partial charge in [0.25, 0.3) is 5.91 Å². The normalized spacial score (nSPS) is 14.9. The molecule has 1 aliphatic rings. The van der Waals surface area contributed by atoms with Gasteiger partial charge in [0, 0.05) is 10.2 Å². The largest absolute Gasteiger partial charge is 0.493 e. The van der Waals surface area contributed by atoms with Crippen LogP contribution in [0.15, 0.2) is 68.3 Å². The minimum Gasteiger partial charge on any atom is -0.493 e. The summed E-state index contributed by atoms with van der Waals surface area (Å²) in [4.78, 5) is 29.5. The Labute approximate surface area is 230 Å². The molecule has 3 aromatic carbocycles. The molecule has 1 unspecified atom stereocenters. The fourth-order valence-electron chi connectivity index (χ4n) is 4.79. The number of amides is 1. The second-order valence-corrected chi connectivity index (χ2v) is 11.0. The fraction of sp³-hybridized carbons (Fsp3) is 0.290. The van der Waals surface area contributed by atoms with Gasteiger partial charge >= 0.3 is 0 Å². The van der Waals surface area contributed by atoms with Crippen molar-refractivity contribution in [2.75, 3.05) is 18.6 Å². The van der Waals surface area contributed by atoms with E-state index in [0.717, 1.165) is 27.6 Å². The van der Waals surface area contributed by atoms with Gasteiger partial charge in [-0.2, -0.15) is 0 Å². The molecule has 0 saturated carbocycles. The van der Waals surface area contributed by atoms with E-state index >= 15 is 0 Å². The quantitative estimate of drug-likeness (QED) is 0.230. The van der Waals surface area contributed by atoms with Gasteiger partial charge in [0.05, 0.1) is 30.7 Å². The van der Waals surface area contributed by atoms with Gasteiger partial charge in [-0.3, -0.25) is 14.5 Å². The molecular weight excluding hydrogens is 546 g/mol. The van der Waals surface area contributed by atoms with Crippen molar-refractivity contribution >= 4 is 38.5 Å². The first-order chi connectivity index (χ1) is 18.2. The maximum Gasteiger partial charge on any atom is 0.295 e. The number of fused-ring (bicyclic) bond motifs is 2. The van der Waals surface area contributed by atoms with Crippen molar-refractivity contribution in [2.24, 2.45) is 5.92 Å². The van der Waals surface area contributed by atoms with Gasteiger partial charge in [-0.05, 0) is 91.4 Å². The van der Waals surface area contributed by atoms with E-state index in [1.807, 2.05) is 68.4 Å². The van der Waals surface area contributed by atoms with Gasteiger partial charge in [-0.1, -0.05) is 35.8 Å². The third kappa shape index (κ3) is 4.60. The van der Waals surface area contributed by atoms with E-state index in [9.17, 15) is 9.59 Å². The maximum atomic E-state index is 14.0. The van der Waals surface area contributed by atoms with Crippen LogP contribution in [0.5, 0.6) is 11.5 Å². The third-order valence-corrected chi connectivity index (χ3v) is 7.58. The van der Waals surface area contributed by atoms with E-state index in [0.29, 0.717) is 46.2 Å². The molecule has 1 atom stereocenters. The number of benzene rings is 3. The maximum absolute atomic E-state index is 14.0. The summed E-state index contributed by atoms with van der Waals surface area (Å²) in [7, 11) is 1.58. The van der Waals surface area contributed by atoms with E-state index in [-0.39, 0.29) is 17.1 Å². The molecule has 1 aromatic heterocycles. The Hall–Kier alpha value is -3.58. The van der Waals surface area contributed by atoms with Crippen LogP contribution in [0.4, 0.5) is 5.69 Å². The number of hydrogen-bond acceptors (Lipinski definition) is 5. The number of nitrogens with zero attached hydrogens (tertiary/aromatic N) is 1. The number of hydrogen-bond donors (Lipinski definition) is 0. The first-order valence-electron chi connectivity index (χ1n) is 12.7. The van der Waals surface area contributed by atoms with Gasteiger partial charge in [0.1, 0.15) is 5.58 Å². The van der Waals surface area contributed by atoms with Crippen LogP contribution in [0.3, 0.4) is 0 Å². The lowest BCUT2D eigenvalue weighted by atomic mass is 9.97. The molecule has 0 aliphatic carbocycles. The minimum absolute atomic E-state index is 0.0647. The third-order valence-electron chi connectivity index (χ3n) is 7.05. The molecule has 38 heavy (non-hydrogen) atoms. The lowest BCUT2D eigenvalue weighted by Crippen LogP contribution is -2.29. The van der Waals surface area contributed by atoms with Crippen LogP contribution in [-0.2, 0) is 0 Å². The zero-order valence-corrected chi connectivity index (χ0v) is 23.7. The highest BCUT2D eigenvalue weighted by Gasteiger charge is 2.44. The second-order valence-electron chi connectivity index (χ2n) is 10.1. The Balaban J connectivity index is 1.70. The molecule has 1 amide bonds. The highest BCUT2D eigenvalue weighted by molar-refractivity contribution is 9.10. The van der Waals surface area contributed by atoms with E-state index in [1.54, 1.807) is 12.0 Å². The van der Waals surface area contributed by atoms with Crippen molar-refractivity contribution in [1.29, 1.82) is 0 Å². The van der Waals surface area contributed by atoms with E-state index in [1.165, 1.54) is 0 Å². The Morgan fingerprint density at radius 2 is 1.68 bits per heavy atom. The molecule has 4 aromatic rings. The number of rotatable bonds is 7. The summed E-state index contributed by atoms with van der Waals surface area (Å²) < 4.78 is 18.7. The van der Waals surface area contributed by atoms with E-state index in [2.05, 4.69) is 29.8 Å². The van der Waals surface area contributed by atoms with Crippen LogP contribution < -0.4 is 19.8 Å². The molecule has 0 spiro atoms. The van der Waals surface area contributed by atoms with Gasteiger partial charge in [-0.25, -0.2) is 0 Å². The predicted octanol–water partition coefficient (Wildman–Crippen LogP) is 7.36. The zero-order chi connectivity index (χ0) is 27.1. The highest BCUT2D eigenvalue weighted by Crippen LogP contribution is 2.43. The van der Waals surface area contributed by atoms with Gasteiger partial charge in [0.15, 0.2) is 16.9 Å². The predicted molar refractivity (Wildman–Crippen MR) is 153 cm³/mol. The molecule has 0 radical (unpaired) electrons. The Kier molecular flexibility index (Phi) is 7.05. The molecule has 7 heteroatoms. The van der Waals surface area contributed by atoms with Crippen LogP contribution in [0.2, 0.25) is 0 Å². The van der Waals surface area contributed by atoms with Crippen molar-refractivity contribution < 1.29 is 18.7 Å². The fourth-order valence-corrected chi connectivity index (χ4v) is 5.05. The number of halogens is 1. The standard InChI is InChI=1S/C31H30BrNO5/c1-17(2)12-13-37-24-11-6-20(16-26(24)36-5)28-27-29(34)23-14-18(3)19(4)15-25(23)38-30(27)31(35)33(28)22-9-7-21(32)8-10-22/h6-11,14-17,28H,12-13H2,1-5H3. The average Bonchev–Trinajstić information content (AvgIpc) is 3.18. The first kappa shape index (κ1) is 26.0. The summed E-state index contributed by atoms with van der Waals surface area (Å²) in [6.45, 7) is 8.77. The molecule has 2 heterocycles. The number of anilines is 1. The Bertz CT molecular complexity index is 1590. The van der Waals surface area contributed by atoms with E-state index < -0.39 is 6.04 Å². The van der Waals surface area contributed by atoms with Gasteiger partial charge < -0.3 is 13.9 Å². The second kappa shape index (κ2) is 10.3.